The third-order valence-corrected chi connectivity index (χ3v) is 4.26. The van der Waals surface area contributed by atoms with E-state index in [4.69, 9.17) is 0 Å². The van der Waals surface area contributed by atoms with E-state index in [9.17, 15) is 9.59 Å². The van der Waals surface area contributed by atoms with Crippen molar-refractivity contribution >= 4 is 11.9 Å². The van der Waals surface area contributed by atoms with Crippen molar-refractivity contribution in [2.75, 3.05) is 20.7 Å². The molecule has 0 heterocycles. The Morgan fingerprint density at radius 1 is 1.25 bits per heavy atom. The topological polar surface area (TPSA) is 46.6 Å². The van der Waals surface area contributed by atoms with Crippen LogP contribution in [0.15, 0.2) is 0 Å². The zero-order valence-electron chi connectivity index (χ0n) is 13.4. The van der Waals surface area contributed by atoms with Gasteiger partial charge in [0.15, 0.2) is 0 Å². The number of esters is 1. The van der Waals surface area contributed by atoms with Gasteiger partial charge in [-0.05, 0) is 31.6 Å². The summed E-state index contributed by atoms with van der Waals surface area (Å²) in [7, 11) is 3.26. The summed E-state index contributed by atoms with van der Waals surface area (Å²) in [5.41, 5.74) is -0.145. The second-order valence-corrected chi connectivity index (χ2v) is 6.49. The number of methoxy groups -OCH3 is 1. The Balaban J connectivity index is 2.54. The Labute approximate surface area is 122 Å². The lowest BCUT2D eigenvalue weighted by atomic mass is 9.77. The first kappa shape index (κ1) is 17.0. The van der Waals surface area contributed by atoms with Crippen molar-refractivity contribution in [1.82, 2.24) is 4.90 Å². The van der Waals surface area contributed by atoms with Crippen LogP contribution in [0, 0.1) is 11.3 Å². The molecule has 0 N–H and O–H groups in total. The lowest BCUT2D eigenvalue weighted by Crippen LogP contribution is -2.41. The molecular formula is C16H29NO3. The average molecular weight is 283 g/mol. The maximum Gasteiger partial charge on any atom is 0.305 e. The van der Waals surface area contributed by atoms with E-state index in [1.54, 1.807) is 0 Å². The third-order valence-electron chi connectivity index (χ3n) is 4.26. The standard InChI is InChI=1S/C16H29NO3/c1-13(2)12-16(9-5-6-10-16)15(19)17(3)11-7-8-14(18)20-4/h13H,5-12H2,1-4H3. The Bertz CT molecular complexity index is 333. The molecule has 0 spiro atoms. The van der Waals surface area contributed by atoms with Crippen LogP contribution in [-0.2, 0) is 14.3 Å². The SMILES string of the molecule is COC(=O)CCCN(C)C(=O)C1(CC(C)C)CCCC1. The average Bonchev–Trinajstić information content (AvgIpc) is 2.86. The first-order chi connectivity index (χ1) is 9.41. The van der Waals surface area contributed by atoms with Crippen molar-refractivity contribution in [1.29, 1.82) is 0 Å². The highest BCUT2D eigenvalue weighted by Crippen LogP contribution is 2.44. The van der Waals surface area contributed by atoms with Crippen molar-refractivity contribution in [3.63, 3.8) is 0 Å². The summed E-state index contributed by atoms with van der Waals surface area (Å²) >= 11 is 0. The van der Waals surface area contributed by atoms with E-state index in [2.05, 4.69) is 18.6 Å². The minimum Gasteiger partial charge on any atom is -0.469 e. The predicted octanol–water partition coefficient (Wildman–Crippen LogP) is 3.00. The van der Waals surface area contributed by atoms with E-state index in [0.29, 0.717) is 25.3 Å². The van der Waals surface area contributed by atoms with Crippen LogP contribution in [0.2, 0.25) is 0 Å². The highest BCUT2D eigenvalue weighted by molar-refractivity contribution is 5.83. The molecule has 0 saturated heterocycles. The van der Waals surface area contributed by atoms with Gasteiger partial charge in [-0.2, -0.15) is 0 Å². The Kier molecular flexibility index (Phi) is 6.50. The van der Waals surface area contributed by atoms with Crippen molar-refractivity contribution < 1.29 is 14.3 Å². The molecular weight excluding hydrogens is 254 g/mol. The molecule has 116 valence electrons. The van der Waals surface area contributed by atoms with E-state index in [0.717, 1.165) is 32.1 Å². The largest absolute Gasteiger partial charge is 0.469 e. The Hall–Kier alpha value is -1.06. The van der Waals surface area contributed by atoms with Crippen LogP contribution in [-0.4, -0.2) is 37.5 Å². The second-order valence-electron chi connectivity index (χ2n) is 6.49. The highest BCUT2D eigenvalue weighted by Gasteiger charge is 2.42. The zero-order chi connectivity index (χ0) is 15.2. The van der Waals surface area contributed by atoms with Crippen molar-refractivity contribution in [3.8, 4) is 0 Å². The van der Waals surface area contributed by atoms with Crippen molar-refractivity contribution in [2.45, 2.75) is 58.8 Å². The second kappa shape index (κ2) is 7.65. The molecule has 4 heteroatoms. The summed E-state index contributed by atoms with van der Waals surface area (Å²) in [6.45, 7) is 5.00. The van der Waals surface area contributed by atoms with E-state index < -0.39 is 0 Å². The van der Waals surface area contributed by atoms with Gasteiger partial charge in [0.05, 0.1) is 7.11 Å². The van der Waals surface area contributed by atoms with Gasteiger partial charge in [0.1, 0.15) is 0 Å². The van der Waals surface area contributed by atoms with Crippen molar-refractivity contribution in [2.24, 2.45) is 11.3 Å². The lowest BCUT2D eigenvalue weighted by molar-refractivity contribution is -0.143. The number of carbonyl (C=O) groups excluding carboxylic acids is 2. The number of ether oxygens (including phenoxy) is 1. The summed E-state index contributed by atoms with van der Waals surface area (Å²) in [5.74, 6) is 0.609. The van der Waals surface area contributed by atoms with Gasteiger partial charge in [-0.15, -0.1) is 0 Å². The number of hydrogen-bond acceptors (Lipinski definition) is 3. The van der Waals surface area contributed by atoms with Crippen LogP contribution in [0.25, 0.3) is 0 Å². The number of hydrogen-bond donors (Lipinski definition) is 0. The molecule has 0 aromatic carbocycles. The van der Waals surface area contributed by atoms with Crippen LogP contribution in [0.3, 0.4) is 0 Å². The molecule has 0 aromatic rings. The van der Waals surface area contributed by atoms with Crippen LogP contribution in [0.1, 0.15) is 58.8 Å². The number of amides is 1. The minimum atomic E-state index is -0.205. The molecule has 0 aromatic heterocycles. The molecule has 0 aliphatic heterocycles. The van der Waals surface area contributed by atoms with E-state index in [1.165, 1.54) is 7.11 Å². The van der Waals surface area contributed by atoms with Gasteiger partial charge in [0.2, 0.25) is 5.91 Å². The fraction of sp³-hybridized carbons (Fsp3) is 0.875. The fourth-order valence-corrected chi connectivity index (χ4v) is 3.41. The molecule has 1 aliphatic carbocycles. The predicted molar refractivity (Wildman–Crippen MR) is 79.2 cm³/mol. The van der Waals surface area contributed by atoms with Crippen LogP contribution >= 0.6 is 0 Å². The monoisotopic (exact) mass is 283 g/mol. The van der Waals surface area contributed by atoms with Gasteiger partial charge in [-0.25, -0.2) is 0 Å². The first-order valence-corrected chi connectivity index (χ1v) is 7.73. The molecule has 0 bridgehead atoms. The maximum absolute atomic E-state index is 12.8. The highest BCUT2D eigenvalue weighted by atomic mass is 16.5. The minimum absolute atomic E-state index is 0.145. The number of carbonyl (C=O) groups is 2. The molecule has 1 fully saturated rings. The smallest absolute Gasteiger partial charge is 0.305 e. The molecule has 1 rings (SSSR count). The summed E-state index contributed by atoms with van der Waals surface area (Å²) in [6.07, 6.45) is 6.39. The summed E-state index contributed by atoms with van der Waals surface area (Å²) in [6, 6.07) is 0. The molecule has 0 radical (unpaired) electrons. The third kappa shape index (κ3) is 4.50. The lowest BCUT2D eigenvalue weighted by Gasteiger charge is -2.33. The van der Waals surface area contributed by atoms with Gasteiger partial charge in [-0.1, -0.05) is 26.7 Å². The molecule has 0 unspecified atom stereocenters. The van der Waals surface area contributed by atoms with Crippen LogP contribution in [0.5, 0.6) is 0 Å². The maximum atomic E-state index is 12.8. The van der Waals surface area contributed by atoms with Gasteiger partial charge in [-0.3, -0.25) is 9.59 Å². The molecule has 1 aliphatic rings. The number of rotatable bonds is 7. The van der Waals surface area contributed by atoms with Crippen LogP contribution < -0.4 is 0 Å². The molecule has 1 saturated carbocycles. The molecule has 0 atom stereocenters. The Morgan fingerprint density at radius 3 is 2.35 bits per heavy atom. The summed E-state index contributed by atoms with van der Waals surface area (Å²) < 4.78 is 4.62. The van der Waals surface area contributed by atoms with E-state index >= 15 is 0 Å². The van der Waals surface area contributed by atoms with E-state index in [1.807, 2.05) is 11.9 Å². The summed E-state index contributed by atoms with van der Waals surface area (Å²) in [4.78, 5) is 25.7. The molecule has 4 nitrogen and oxygen atoms in total. The van der Waals surface area contributed by atoms with Gasteiger partial charge >= 0.3 is 5.97 Å². The zero-order valence-corrected chi connectivity index (χ0v) is 13.4. The van der Waals surface area contributed by atoms with Crippen molar-refractivity contribution in [3.05, 3.63) is 0 Å². The Morgan fingerprint density at radius 2 is 1.85 bits per heavy atom. The first-order valence-electron chi connectivity index (χ1n) is 7.73. The van der Waals surface area contributed by atoms with Gasteiger partial charge in [0, 0.05) is 25.4 Å². The summed E-state index contributed by atoms with van der Waals surface area (Å²) in [5, 5.41) is 0. The number of nitrogens with zero attached hydrogens (tertiary/aromatic N) is 1. The fourth-order valence-electron chi connectivity index (χ4n) is 3.41. The normalized spacial score (nSPS) is 17.2. The quantitative estimate of drug-likeness (QED) is 0.675. The van der Waals surface area contributed by atoms with Crippen LogP contribution in [0.4, 0.5) is 0 Å². The van der Waals surface area contributed by atoms with E-state index in [-0.39, 0.29) is 17.3 Å². The van der Waals surface area contributed by atoms with Gasteiger partial charge in [0.25, 0.3) is 0 Å². The molecule has 20 heavy (non-hydrogen) atoms. The molecule has 1 amide bonds. The van der Waals surface area contributed by atoms with Gasteiger partial charge < -0.3 is 9.64 Å².